The number of rotatable bonds is 12. The first-order chi connectivity index (χ1) is 22.3. The van der Waals surface area contributed by atoms with Crippen molar-refractivity contribution in [2.45, 2.75) is 25.7 Å². The third-order valence-corrected chi connectivity index (χ3v) is 7.25. The molecule has 3 aromatic rings. The first-order valence-corrected chi connectivity index (χ1v) is 14.2. The van der Waals surface area contributed by atoms with Crippen molar-refractivity contribution in [3.05, 3.63) is 76.9 Å². The summed E-state index contributed by atoms with van der Waals surface area (Å²) in [6, 6.07) is 13.7. The standard InChI is InChI=1S/C33H33NO12/c1-6-42-31(36)28(19-7-10-21(38-2)11-8-19)34-33(37)46-32-22(13-18-14-25(39-3)29(41-5)26(15-18)40-4)27(30(35)45-32)20-9-12-23-24(16-20)44-17-43-23/h7-12,14-16,28,32H,6,13,17H2,1-5H3,(H,34,37). The lowest BCUT2D eigenvalue weighted by Gasteiger charge is -2.21. The van der Waals surface area contributed by atoms with Crippen molar-refractivity contribution in [1.82, 2.24) is 5.32 Å². The van der Waals surface area contributed by atoms with Gasteiger partial charge in [-0.15, -0.1) is 0 Å². The summed E-state index contributed by atoms with van der Waals surface area (Å²) >= 11 is 0. The van der Waals surface area contributed by atoms with E-state index in [2.05, 4.69) is 5.32 Å². The second-order valence-corrected chi connectivity index (χ2v) is 9.92. The number of ether oxygens (including phenoxy) is 9. The van der Waals surface area contributed by atoms with Crippen LogP contribution in [0.1, 0.15) is 29.7 Å². The van der Waals surface area contributed by atoms with Crippen LogP contribution in [0.3, 0.4) is 0 Å². The van der Waals surface area contributed by atoms with Gasteiger partial charge in [0, 0.05) is 12.0 Å². The highest BCUT2D eigenvalue weighted by Gasteiger charge is 2.39. The molecule has 13 heteroatoms. The topological polar surface area (TPSA) is 146 Å². The Balaban J connectivity index is 1.49. The monoisotopic (exact) mass is 635 g/mol. The molecule has 3 aromatic carbocycles. The molecule has 0 bridgehead atoms. The Hall–Kier alpha value is -5.59. The normalized spacial score (nSPS) is 15.5. The molecule has 2 aliphatic heterocycles. The van der Waals surface area contributed by atoms with Crippen LogP contribution in [0.15, 0.2) is 60.2 Å². The zero-order valence-corrected chi connectivity index (χ0v) is 25.9. The van der Waals surface area contributed by atoms with Crippen molar-refractivity contribution in [2.75, 3.05) is 41.8 Å². The lowest BCUT2D eigenvalue weighted by atomic mass is 9.95. The average molecular weight is 636 g/mol. The second-order valence-electron chi connectivity index (χ2n) is 9.92. The number of methoxy groups -OCH3 is 4. The molecule has 46 heavy (non-hydrogen) atoms. The Bertz CT molecular complexity index is 1620. The summed E-state index contributed by atoms with van der Waals surface area (Å²) in [7, 11) is 5.97. The van der Waals surface area contributed by atoms with Crippen LogP contribution in [0.5, 0.6) is 34.5 Å². The number of alkyl carbamates (subject to hydrolysis) is 1. The zero-order chi connectivity index (χ0) is 32.8. The number of hydrogen-bond donors (Lipinski definition) is 1. The summed E-state index contributed by atoms with van der Waals surface area (Å²) in [5.41, 5.74) is 2.02. The van der Waals surface area contributed by atoms with E-state index in [9.17, 15) is 14.4 Å². The van der Waals surface area contributed by atoms with Gasteiger partial charge in [0.1, 0.15) is 5.75 Å². The van der Waals surface area contributed by atoms with E-state index in [0.717, 1.165) is 0 Å². The Kier molecular flexibility index (Phi) is 9.70. The van der Waals surface area contributed by atoms with Gasteiger partial charge < -0.3 is 47.9 Å². The molecule has 1 amide bonds. The van der Waals surface area contributed by atoms with Crippen LogP contribution in [0, 0.1) is 0 Å². The van der Waals surface area contributed by atoms with Crippen molar-refractivity contribution in [3.63, 3.8) is 0 Å². The van der Waals surface area contributed by atoms with Gasteiger partial charge in [-0.1, -0.05) is 18.2 Å². The van der Waals surface area contributed by atoms with Crippen LogP contribution in [0.4, 0.5) is 4.79 Å². The number of fused-ring (bicyclic) bond motifs is 1. The van der Waals surface area contributed by atoms with Gasteiger partial charge in [0.2, 0.25) is 12.5 Å². The maximum absolute atomic E-state index is 13.4. The minimum absolute atomic E-state index is 0.0440. The summed E-state index contributed by atoms with van der Waals surface area (Å²) in [6.45, 7) is 1.78. The molecule has 13 nitrogen and oxygen atoms in total. The fourth-order valence-corrected chi connectivity index (χ4v) is 5.11. The molecule has 1 N–H and O–H groups in total. The molecular formula is C33H33NO12. The third-order valence-electron chi connectivity index (χ3n) is 7.25. The molecule has 0 aromatic heterocycles. The largest absolute Gasteiger partial charge is 0.497 e. The molecule has 242 valence electrons. The predicted molar refractivity (Wildman–Crippen MR) is 161 cm³/mol. The molecule has 0 spiro atoms. The SMILES string of the molecule is CCOC(=O)C(NC(=O)OC1OC(=O)C(c2ccc3c(c2)OCO3)=C1Cc1cc(OC)c(OC)c(OC)c1)c1ccc(OC)cc1. The van der Waals surface area contributed by atoms with Gasteiger partial charge in [0.25, 0.3) is 6.29 Å². The fourth-order valence-electron chi connectivity index (χ4n) is 5.11. The number of hydrogen-bond acceptors (Lipinski definition) is 12. The van der Waals surface area contributed by atoms with Crippen LogP contribution >= 0.6 is 0 Å². The first kappa shape index (κ1) is 31.8. The molecule has 0 saturated heterocycles. The van der Waals surface area contributed by atoms with Crippen LogP contribution in [0.25, 0.3) is 5.57 Å². The van der Waals surface area contributed by atoms with Crippen LogP contribution < -0.4 is 33.7 Å². The molecule has 2 unspecified atom stereocenters. The summed E-state index contributed by atoms with van der Waals surface area (Å²) in [5.74, 6) is 1.26. The van der Waals surface area contributed by atoms with Crippen molar-refractivity contribution >= 4 is 23.6 Å². The zero-order valence-electron chi connectivity index (χ0n) is 25.9. The van der Waals surface area contributed by atoms with Crippen molar-refractivity contribution in [1.29, 1.82) is 0 Å². The van der Waals surface area contributed by atoms with E-state index in [1.807, 2.05) is 0 Å². The predicted octanol–water partition coefficient (Wildman–Crippen LogP) is 4.36. The highest BCUT2D eigenvalue weighted by Crippen LogP contribution is 2.42. The number of nitrogens with one attached hydrogen (secondary N) is 1. The van der Waals surface area contributed by atoms with Gasteiger partial charge in [-0.25, -0.2) is 14.4 Å². The number of carbonyl (C=O) groups excluding carboxylic acids is 3. The molecule has 0 aliphatic carbocycles. The van der Waals surface area contributed by atoms with E-state index in [4.69, 9.17) is 42.6 Å². The van der Waals surface area contributed by atoms with E-state index in [-0.39, 0.29) is 25.4 Å². The molecular weight excluding hydrogens is 602 g/mol. The van der Waals surface area contributed by atoms with Gasteiger partial charge in [-0.05, 0) is 60.0 Å². The Labute approximate surface area is 264 Å². The smallest absolute Gasteiger partial charge is 0.411 e. The van der Waals surface area contributed by atoms with Gasteiger partial charge >= 0.3 is 18.0 Å². The van der Waals surface area contributed by atoms with Gasteiger partial charge in [0.15, 0.2) is 29.0 Å². The second kappa shape index (κ2) is 14.0. The number of carbonyl (C=O) groups is 3. The Morgan fingerprint density at radius 2 is 1.59 bits per heavy atom. The van der Waals surface area contributed by atoms with Crippen molar-refractivity contribution < 1.29 is 57.0 Å². The molecule has 5 rings (SSSR count). The first-order valence-electron chi connectivity index (χ1n) is 14.2. The van der Waals surface area contributed by atoms with Crippen molar-refractivity contribution in [2.24, 2.45) is 0 Å². The number of benzene rings is 3. The molecule has 0 fully saturated rings. The minimum atomic E-state index is -1.45. The minimum Gasteiger partial charge on any atom is -0.497 e. The summed E-state index contributed by atoms with van der Waals surface area (Å²) in [6.07, 6.45) is -2.41. The van der Waals surface area contributed by atoms with E-state index < -0.39 is 30.4 Å². The van der Waals surface area contributed by atoms with E-state index in [1.165, 1.54) is 28.4 Å². The highest BCUT2D eigenvalue weighted by molar-refractivity contribution is 6.19. The summed E-state index contributed by atoms with van der Waals surface area (Å²) in [4.78, 5) is 39.6. The van der Waals surface area contributed by atoms with Gasteiger partial charge in [-0.2, -0.15) is 0 Å². The molecule has 2 atom stereocenters. The van der Waals surface area contributed by atoms with Gasteiger partial charge in [-0.3, -0.25) is 0 Å². The summed E-state index contributed by atoms with van der Waals surface area (Å²) < 4.78 is 49.0. The molecule has 2 aliphatic rings. The lowest BCUT2D eigenvalue weighted by molar-refractivity contribution is -0.152. The number of esters is 2. The van der Waals surface area contributed by atoms with Crippen molar-refractivity contribution in [3.8, 4) is 34.5 Å². The van der Waals surface area contributed by atoms with Crippen LogP contribution in [-0.2, 0) is 30.2 Å². The Morgan fingerprint density at radius 3 is 2.22 bits per heavy atom. The van der Waals surface area contributed by atoms with E-state index >= 15 is 0 Å². The van der Waals surface area contributed by atoms with Crippen LogP contribution in [-0.4, -0.2) is 66.2 Å². The summed E-state index contributed by atoms with van der Waals surface area (Å²) in [5, 5.41) is 2.54. The lowest BCUT2D eigenvalue weighted by Crippen LogP contribution is -2.37. The van der Waals surface area contributed by atoms with E-state index in [1.54, 1.807) is 61.5 Å². The average Bonchev–Trinajstić information content (AvgIpc) is 3.66. The van der Waals surface area contributed by atoms with Gasteiger partial charge in [0.05, 0.1) is 40.6 Å². The molecule has 0 saturated carbocycles. The maximum Gasteiger partial charge on any atom is 0.411 e. The number of cyclic esters (lactones) is 1. The van der Waals surface area contributed by atoms with E-state index in [0.29, 0.717) is 56.8 Å². The highest BCUT2D eigenvalue weighted by atomic mass is 16.7. The molecule has 0 radical (unpaired) electrons. The molecule has 2 heterocycles. The Morgan fingerprint density at radius 1 is 0.891 bits per heavy atom. The number of amides is 1. The third kappa shape index (κ3) is 6.58. The van der Waals surface area contributed by atoms with Crippen LogP contribution in [0.2, 0.25) is 0 Å². The quantitative estimate of drug-likeness (QED) is 0.282. The maximum atomic E-state index is 13.4. The fraction of sp³-hybridized carbons (Fsp3) is 0.303.